The first-order chi connectivity index (χ1) is 11.7. The number of phenols is 1. The standard InChI is InChI=1S/C15H17N7O2/c1-2-24-15-21-13(16-7-10-3-5-12(23)6-4-10)20-14(22-15)19-11-8-17-18-9-11/h3-6,8-9,23H,2,7H2,1H3,(H,17,18)(H2,16,19,20,21,22). The van der Waals surface area contributed by atoms with Crippen LogP contribution in [-0.2, 0) is 6.54 Å². The summed E-state index contributed by atoms with van der Waals surface area (Å²) in [4.78, 5) is 12.7. The van der Waals surface area contributed by atoms with Crippen molar-refractivity contribution in [2.45, 2.75) is 13.5 Å². The topological polar surface area (TPSA) is 121 Å². The highest BCUT2D eigenvalue weighted by atomic mass is 16.5. The van der Waals surface area contributed by atoms with E-state index in [2.05, 4.69) is 35.8 Å². The average Bonchev–Trinajstić information content (AvgIpc) is 3.07. The summed E-state index contributed by atoms with van der Waals surface area (Å²) in [5.41, 5.74) is 1.71. The van der Waals surface area contributed by atoms with Crippen molar-refractivity contribution >= 4 is 17.6 Å². The van der Waals surface area contributed by atoms with Gasteiger partial charge in [0.25, 0.3) is 0 Å². The smallest absolute Gasteiger partial charge is 0.323 e. The van der Waals surface area contributed by atoms with Gasteiger partial charge in [-0.1, -0.05) is 12.1 Å². The van der Waals surface area contributed by atoms with Crippen molar-refractivity contribution in [2.24, 2.45) is 0 Å². The third kappa shape index (κ3) is 4.09. The molecule has 24 heavy (non-hydrogen) atoms. The number of anilines is 3. The predicted octanol–water partition coefficient (Wildman–Crippen LogP) is 2.05. The number of rotatable bonds is 7. The molecule has 9 nitrogen and oxygen atoms in total. The van der Waals surface area contributed by atoms with Gasteiger partial charge in [0.05, 0.1) is 18.5 Å². The van der Waals surface area contributed by atoms with Crippen LogP contribution in [0, 0.1) is 0 Å². The zero-order valence-electron chi connectivity index (χ0n) is 13.0. The second kappa shape index (κ2) is 7.27. The molecule has 0 saturated carbocycles. The van der Waals surface area contributed by atoms with E-state index in [-0.39, 0.29) is 11.8 Å². The molecule has 0 fully saturated rings. The molecule has 0 saturated heterocycles. The lowest BCUT2D eigenvalue weighted by molar-refractivity contribution is 0.312. The fourth-order valence-electron chi connectivity index (χ4n) is 1.93. The monoisotopic (exact) mass is 327 g/mol. The number of ether oxygens (including phenoxy) is 1. The lowest BCUT2D eigenvalue weighted by atomic mass is 10.2. The van der Waals surface area contributed by atoms with Crippen molar-refractivity contribution in [1.82, 2.24) is 25.1 Å². The molecule has 4 N–H and O–H groups in total. The van der Waals surface area contributed by atoms with Gasteiger partial charge in [-0.2, -0.15) is 20.1 Å². The van der Waals surface area contributed by atoms with Crippen LogP contribution in [0.1, 0.15) is 12.5 Å². The van der Waals surface area contributed by atoms with Crippen molar-refractivity contribution in [3.8, 4) is 11.8 Å². The molecule has 0 unspecified atom stereocenters. The normalized spacial score (nSPS) is 10.4. The highest BCUT2D eigenvalue weighted by molar-refractivity contribution is 5.51. The second-order valence-corrected chi connectivity index (χ2v) is 4.83. The summed E-state index contributed by atoms with van der Waals surface area (Å²) in [5.74, 6) is 0.958. The summed E-state index contributed by atoms with van der Waals surface area (Å²) in [5, 5.41) is 22.0. The molecule has 3 aromatic rings. The average molecular weight is 327 g/mol. The Morgan fingerprint density at radius 1 is 1.12 bits per heavy atom. The van der Waals surface area contributed by atoms with Crippen LogP contribution in [0.5, 0.6) is 11.8 Å². The summed E-state index contributed by atoms with van der Waals surface area (Å²) in [6.45, 7) is 2.81. The van der Waals surface area contributed by atoms with Gasteiger partial charge in [-0.05, 0) is 24.6 Å². The van der Waals surface area contributed by atoms with Crippen LogP contribution in [-0.4, -0.2) is 36.9 Å². The molecule has 2 aromatic heterocycles. The van der Waals surface area contributed by atoms with Gasteiger partial charge in [0.1, 0.15) is 5.75 Å². The number of H-pyrrole nitrogens is 1. The van der Waals surface area contributed by atoms with Crippen LogP contribution >= 0.6 is 0 Å². The van der Waals surface area contributed by atoms with Crippen LogP contribution in [0.25, 0.3) is 0 Å². The van der Waals surface area contributed by atoms with Crippen LogP contribution < -0.4 is 15.4 Å². The maximum Gasteiger partial charge on any atom is 0.323 e. The lowest BCUT2D eigenvalue weighted by Gasteiger charge is -2.09. The summed E-state index contributed by atoms with van der Waals surface area (Å²) >= 11 is 0. The molecule has 0 radical (unpaired) electrons. The molecular weight excluding hydrogens is 310 g/mol. The fourth-order valence-corrected chi connectivity index (χ4v) is 1.93. The Bertz CT molecular complexity index is 775. The van der Waals surface area contributed by atoms with Crippen LogP contribution in [0.3, 0.4) is 0 Å². The zero-order chi connectivity index (χ0) is 16.8. The van der Waals surface area contributed by atoms with E-state index in [1.54, 1.807) is 24.5 Å². The highest BCUT2D eigenvalue weighted by Crippen LogP contribution is 2.16. The van der Waals surface area contributed by atoms with Gasteiger partial charge in [-0.15, -0.1) is 0 Å². The Balaban J connectivity index is 1.75. The maximum absolute atomic E-state index is 9.31. The molecule has 124 valence electrons. The zero-order valence-corrected chi connectivity index (χ0v) is 13.0. The summed E-state index contributed by atoms with van der Waals surface area (Å²) in [6.07, 6.45) is 3.31. The minimum absolute atomic E-state index is 0.226. The first-order valence-electron chi connectivity index (χ1n) is 7.39. The van der Waals surface area contributed by atoms with Gasteiger partial charge in [-0.3, -0.25) is 5.10 Å². The third-order valence-electron chi connectivity index (χ3n) is 3.03. The quantitative estimate of drug-likeness (QED) is 0.520. The summed E-state index contributed by atoms with van der Waals surface area (Å²) in [6, 6.07) is 7.12. The van der Waals surface area contributed by atoms with Crippen LogP contribution in [0.15, 0.2) is 36.7 Å². The van der Waals surface area contributed by atoms with E-state index >= 15 is 0 Å². The SMILES string of the molecule is CCOc1nc(NCc2ccc(O)cc2)nc(Nc2cn[nH]c2)n1. The minimum atomic E-state index is 0.226. The largest absolute Gasteiger partial charge is 0.508 e. The molecule has 3 rings (SSSR count). The van der Waals surface area contributed by atoms with E-state index in [0.29, 0.717) is 25.0 Å². The Labute approximate surface area is 138 Å². The molecule has 0 aliphatic carbocycles. The van der Waals surface area contributed by atoms with Crippen molar-refractivity contribution in [2.75, 3.05) is 17.2 Å². The molecule has 0 bridgehead atoms. The van der Waals surface area contributed by atoms with E-state index in [1.807, 2.05) is 19.1 Å². The Morgan fingerprint density at radius 3 is 2.62 bits per heavy atom. The number of nitrogens with zero attached hydrogens (tertiary/aromatic N) is 4. The third-order valence-corrected chi connectivity index (χ3v) is 3.03. The maximum atomic E-state index is 9.31. The predicted molar refractivity (Wildman–Crippen MR) is 88.3 cm³/mol. The van der Waals surface area contributed by atoms with Gasteiger partial charge in [0.15, 0.2) is 0 Å². The summed E-state index contributed by atoms with van der Waals surface area (Å²) in [7, 11) is 0. The van der Waals surface area contributed by atoms with Crippen molar-refractivity contribution in [3.63, 3.8) is 0 Å². The summed E-state index contributed by atoms with van der Waals surface area (Å²) < 4.78 is 5.38. The van der Waals surface area contributed by atoms with Gasteiger partial charge in [0.2, 0.25) is 11.9 Å². The highest BCUT2D eigenvalue weighted by Gasteiger charge is 2.08. The van der Waals surface area contributed by atoms with Gasteiger partial charge < -0.3 is 20.5 Å². The molecule has 0 spiro atoms. The molecule has 0 amide bonds. The Hall–Kier alpha value is -3.36. The number of nitrogens with one attached hydrogen (secondary N) is 3. The Morgan fingerprint density at radius 2 is 1.92 bits per heavy atom. The van der Waals surface area contributed by atoms with E-state index in [1.165, 1.54) is 0 Å². The van der Waals surface area contributed by atoms with Crippen LogP contribution in [0.2, 0.25) is 0 Å². The molecular formula is C15H17N7O2. The first-order valence-corrected chi connectivity index (χ1v) is 7.39. The number of benzene rings is 1. The Kier molecular flexibility index (Phi) is 4.70. The minimum Gasteiger partial charge on any atom is -0.508 e. The van der Waals surface area contributed by atoms with E-state index in [9.17, 15) is 5.11 Å². The molecule has 0 atom stereocenters. The number of hydrogen-bond acceptors (Lipinski definition) is 8. The molecule has 0 aliphatic heterocycles. The number of aromatic nitrogens is 5. The molecule has 2 heterocycles. The lowest BCUT2D eigenvalue weighted by Crippen LogP contribution is -2.09. The van der Waals surface area contributed by atoms with Crippen molar-refractivity contribution in [1.29, 1.82) is 0 Å². The molecule has 9 heteroatoms. The van der Waals surface area contributed by atoms with E-state index in [0.717, 1.165) is 11.3 Å². The number of phenolic OH excluding ortho intramolecular Hbond substituents is 1. The van der Waals surface area contributed by atoms with Gasteiger partial charge in [-0.25, -0.2) is 0 Å². The number of hydrogen-bond donors (Lipinski definition) is 4. The van der Waals surface area contributed by atoms with Crippen LogP contribution in [0.4, 0.5) is 17.6 Å². The number of aromatic amines is 1. The van der Waals surface area contributed by atoms with Gasteiger partial charge >= 0.3 is 6.01 Å². The van der Waals surface area contributed by atoms with Crippen molar-refractivity contribution < 1.29 is 9.84 Å². The second-order valence-electron chi connectivity index (χ2n) is 4.83. The molecule has 0 aliphatic rings. The number of aromatic hydroxyl groups is 1. The van der Waals surface area contributed by atoms with E-state index in [4.69, 9.17) is 4.74 Å². The fraction of sp³-hybridized carbons (Fsp3) is 0.200. The van der Waals surface area contributed by atoms with E-state index < -0.39 is 0 Å². The van der Waals surface area contributed by atoms with Gasteiger partial charge in [0, 0.05) is 12.7 Å². The van der Waals surface area contributed by atoms with Crippen molar-refractivity contribution in [3.05, 3.63) is 42.2 Å². The first kappa shape index (κ1) is 15.5. The molecule has 1 aromatic carbocycles.